The fraction of sp³-hybridized carbons (Fsp3) is 0.829. The molecule has 0 bridgehead atoms. The van der Waals surface area contributed by atoms with Crippen LogP contribution in [0, 0.1) is 0 Å². The molecule has 0 aromatic rings. The normalized spacial score (nSPS) is 14.1. The van der Waals surface area contributed by atoms with Gasteiger partial charge in [0.05, 0.1) is 18.8 Å². The van der Waals surface area contributed by atoms with E-state index in [-0.39, 0.29) is 13.0 Å². The first-order chi connectivity index (χ1) is 22.6. The minimum Gasteiger partial charge on any atom is -0.394 e. The van der Waals surface area contributed by atoms with Gasteiger partial charge in [-0.3, -0.25) is 4.79 Å². The maximum atomic E-state index is 12.4. The maximum Gasteiger partial charge on any atom is 0.249 e. The van der Waals surface area contributed by atoms with Gasteiger partial charge in [-0.25, -0.2) is 0 Å². The smallest absolute Gasteiger partial charge is 0.249 e. The van der Waals surface area contributed by atoms with Crippen LogP contribution in [0.5, 0.6) is 0 Å². The number of hydrogen-bond donors (Lipinski definition) is 4. The van der Waals surface area contributed by atoms with Crippen LogP contribution in [0.1, 0.15) is 194 Å². The Labute approximate surface area is 285 Å². The van der Waals surface area contributed by atoms with Crippen molar-refractivity contribution >= 4 is 5.91 Å². The number of carbonyl (C=O) groups is 1. The number of unbranched alkanes of at least 4 members (excludes halogenated alkanes) is 24. The molecule has 0 saturated heterocycles. The van der Waals surface area contributed by atoms with E-state index in [1.54, 1.807) is 6.08 Å². The Morgan fingerprint density at radius 3 is 1.37 bits per heavy atom. The molecule has 0 fully saturated rings. The quantitative estimate of drug-likeness (QED) is 0.0407. The first-order valence-electron chi connectivity index (χ1n) is 19.8. The third kappa shape index (κ3) is 31.2. The Morgan fingerprint density at radius 1 is 0.543 bits per heavy atom. The monoisotopic (exact) mass is 648 g/mol. The number of rotatable bonds is 35. The highest BCUT2D eigenvalue weighted by Crippen LogP contribution is 2.15. The lowest BCUT2D eigenvalue weighted by atomic mass is 10.0. The summed E-state index contributed by atoms with van der Waals surface area (Å²) in [5, 5.41) is 32.9. The van der Waals surface area contributed by atoms with Gasteiger partial charge in [-0.05, 0) is 32.1 Å². The van der Waals surface area contributed by atoms with E-state index >= 15 is 0 Å². The average molecular weight is 648 g/mol. The van der Waals surface area contributed by atoms with Gasteiger partial charge in [-0.1, -0.05) is 192 Å². The molecule has 4 N–H and O–H groups in total. The second-order valence-electron chi connectivity index (χ2n) is 13.5. The van der Waals surface area contributed by atoms with E-state index in [0.717, 1.165) is 25.7 Å². The van der Waals surface area contributed by atoms with Gasteiger partial charge < -0.3 is 20.6 Å². The average Bonchev–Trinajstić information content (AvgIpc) is 3.06. The number of carbonyl (C=O) groups excluding carboxylic acids is 1. The SMILES string of the molecule is CCCCCCCC/C=C\C/C=C\CC(O)C(=O)NC(CO)C(O)/C=C/CCCCCCCCCCCCCCCCCCCC. The van der Waals surface area contributed by atoms with Crippen LogP contribution in [-0.2, 0) is 4.79 Å². The van der Waals surface area contributed by atoms with Crippen molar-refractivity contribution in [1.29, 1.82) is 0 Å². The summed E-state index contributed by atoms with van der Waals surface area (Å²) in [6.45, 7) is 4.13. The van der Waals surface area contributed by atoms with Gasteiger partial charge in [0.25, 0.3) is 0 Å². The molecule has 270 valence electrons. The molecule has 46 heavy (non-hydrogen) atoms. The topological polar surface area (TPSA) is 89.8 Å². The lowest BCUT2D eigenvalue weighted by Crippen LogP contribution is -2.48. The standard InChI is InChI=1S/C41H77NO4/c1-3-5-7-9-11-13-15-17-18-19-20-21-22-23-24-26-27-29-31-33-35-39(44)38(37-43)42-41(46)40(45)36-34-32-30-28-25-16-14-12-10-8-6-4-2/h25,28,32-35,38-40,43-45H,3-24,26-27,29-31,36-37H2,1-2H3,(H,42,46)/b28-25-,34-32-,35-33+. The zero-order valence-corrected chi connectivity index (χ0v) is 30.5. The largest absolute Gasteiger partial charge is 0.394 e. The fourth-order valence-corrected chi connectivity index (χ4v) is 5.82. The molecule has 5 heteroatoms. The Hall–Kier alpha value is -1.43. The second-order valence-corrected chi connectivity index (χ2v) is 13.5. The summed E-state index contributed by atoms with van der Waals surface area (Å²) in [6.07, 6.45) is 44.7. The van der Waals surface area contributed by atoms with E-state index in [0.29, 0.717) is 0 Å². The third-order valence-corrected chi connectivity index (χ3v) is 8.99. The lowest BCUT2D eigenvalue weighted by Gasteiger charge is -2.21. The first-order valence-corrected chi connectivity index (χ1v) is 19.8. The summed E-state index contributed by atoms with van der Waals surface area (Å²) in [5.41, 5.74) is 0. The Balaban J connectivity index is 3.76. The minimum atomic E-state index is -1.20. The molecule has 0 spiro atoms. The Kier molecular flexibility index (Phi) is 35.3. The highest BCUT2D eigenvalue weighted by atomic mass is 16.3. The van der Waals surface area contributed by atoms with Gasteiger partial charge in [0.15, 0.2) is 0 Å². The van der Waals surface area contributed by atoms with Crippen LogP contribution in [0.2, 0.25) is 0 Å². The van der Waals surface area contributed by atoms with E-state index in [2.05, 4.69) is 31.3 Å². The number of nitrogens with one attached hydrogen (secondary N) is 1. The van der Waals surface area contributed by atoms with Crippen LogP contribution >= 0.6 is 0 Å². The summed E-state index contributed by atoms with van der Waals surface area (Å²) >= 11 is 0. The molecule has 1 amide bonds. The molecule has 3 unspecified atom stereocenters. The van der Waals surface area contributed by atoms with Gasteiger partial charge in [0.1, 0.15) is 6.10 Å². The summed E-state index contributed by atoms with van der Waals surface area (Å²) < 4.78 is 0. The number of hydrogen-bond acceptors (Lipinski definition) is 4. The Morgan fingerprint density at radius 2 is 0.935 bits per heavy atom. The van der Waals surface area contributed by atoms with Crippen LogP contribution in [0.25, 0.3) is 0 Å². The van der Waals surface area contributed by atoms with Gasteiger partial charge in [0.2, 0.25) is 5.91 Å². The predicted octanol–water partition coefficient (Wildman–Crippen LogP) is 10.8. The van der Waals surface area contributed by atoms with Crippen molar-refractivity contribution < 1.29 is 20.1 Å². The van der Waals surface area contributed by atoms with Crippen LogP contribution in [0.4, 0.5) is 0 Å². The maximum absolute atomic E-state index is 12.4. The number of aliphatic hydroxyl groups excluding tert-OH is 3. The zero-order chi connectivity index (χ0) is 33.8. The fourth-order valence-electron chi connectivity index (χ4n) is 5.82. The van der Waals surface area contributed by atoms with Crippen molar-refractivity contribution in [2.45, 2.75) is 212 Å². The predicted molar refractivity (Wildman–Crippen MR) is 199 cm³/mol. The van der Waals surface area contributed by atoms with E-state index in [9.17, 15) is 20.1 Å². The molecule has 0 aromatic heterocycles. The van der Waals surface area contributed by atoms with Crippen LogP contribution in [-0.4, -0.2) is 46.1 Å². The summed E-state index contributed by atoms with van der Waals surface area (Å²) in [5.74, 6) is -0.571. The zero-order valence-electron chi connectivity index (χ0n) is 30.5. The van der Waals surface area contributed by atoms with Gasteiger partial charge in [-0.2, -0.15) is 0 Å². The summed E-state index contributed by atoms with van der Waals surface area (Å²) in [7, 11) is 0. The molecular formula is C41H77NO4. The number of amides is 1. The first kappa shape index (κ1) is 44.6. The summed E-state index contributed by atoms with van der Waals surface area (Å²) in [4.78, 5) is 12.4. The molecule has 0 aliphatic heterocycles. The Bertz CT molecular complexity index is 719. The molecule has 3 atom stereocenters. The van der Waals surface area contributed by atoms with Crippen molar-refractivity contribution in [3.05, 3.63) is 36.5 Å². The van der Waals surface area contributed by atoms with Gasteiger partial charge in [-0.15, -0.1) is 0 Å². The van der Waals surface area contributed by atoms with Crippen LogP contribution < -0.4 is 5.32 Å². The van der Waals surface area contributed by atoms with Crippen molar-refractivity contribution in [2.75, 3.05) is 6.61 Å². The van der Waals surface area contributed by atoms with E-state index in [1.807, 2.05) is 18.2 Å². The van der Waals surface area contributed by atoms with Gasteiger partial charge in [0, 0.05) is 6.42 Å². The van der Waals surface area contributed by atoms with E-state index < -0.39 is 24.2 Å². The van der Waals surface area contributed by atoms with Crippen molar-refractivity contribution in [3.8, 4) is 0 Å². The van der Waals surface area contributed by atoms with E-state index in [4.69, 9.17) is 0 Å². The molecular weight excluding hydrogens is 570 g/mol. The van der Waals surface area contributed by atoms with Crippen LogP contribution in [0.3, 0.4) is 0 Å². The minimum absolute atomic E-state index is 0.209. The molecule has 0 aliphatic carbocycles. The highest BCUT2D eigenvalue weighted by molar-refractivity contribution is 5.81. The number of aliphatic hydroxyl groups is 3. The molecule has 0 rings (SSSR count). The third-order valence-electron chi connectivity index (χ3n) is 8.99. The molecule has 0 aliphatic rings. The lowest BCUT2D eigenvalue weighted by molar-refractivity contribution is -0.131. The molecule has 0 radical (unpaired) electrons. The van der Waals surface area contributed by atoms with Crippen molar-refractivity contribution in [1.82, 2.24) is 5.32 Å². The van der Waals surface area contributed by atoms with Crippen LogP contribution in [0.15, 0.2) is 36.5 Å². The molecule has 0 heterocycles. The summed E-state index contributed by atoms with van der Waals surface area (Å²) in [6, 6.07) is -0.826. The molecule has 0 aromatic carbocycles. The van der Waals surface area contributed by atoms with Gasteiger partial charge >= 0.3 is 0 Å². The molecule has 0 saturated carbocycles. The van der Waals surface area contributed by atoms with Crippen molar-refractivity contribution in [3.63, 3.8) is 0 Å². The second kappa shape index (κ2) is 36.4. The molecule has 5 nitrogen and oxygen atoms in total. The number of allylic oxidation sites excluding steroid dienone is 4. The van der Waals surface area contributed by atoms with Crippen molar-refractivity contribution in [2.24, 2.45) is 0 Å². The van der Waals surface area contributed by atoms with E-state index in [1.165, 1.54) is 148 Å². The highest BCUT2D eigenvalue weighted by Gasteiger charge is 2.22.